The molecular formula is C16H21N3O5S. The van der Waals surface area contributed by atoms with Gasteiger partial charge in [-0.05, 0) is 12.1 Å². The Balaban J connectivity index is 1.49. The molecule has 3 rings (SSSR count). The third kappa shape index (κ3) is 3.98. The third-order valence-electron chi connectivity index (χ3n) is 4.43. The molecule has 0 radical (unpaired) electrons. The van der Waals surface area contributed by atoms with Crippen LogP contribution in [0.15, 0.2) is 22.8 Å². The minimum absolute atomic E-state index is 0.0776. The Bertz CT molecular complexity index is 628. The largest absolute Gasteiger partial charge is 0.467 e. The highest BCUT2D eigenvalue weighted by Gasteiger charge is 2.36. The lowest BCUT2D eigenvalue weighted by molar-refractivity contribution is -0.150. The second kappa shape index (κ2) is 7.92. The first-order valence-electron chi connectivity index (χ1n) is 8.10. The zero-order chi connectivity index (χ0) is 17.8. The lowest BCUT2D eigenvalue weighted by Gasteiger charge is -2.35. The lowest BCUT2D eigenvalue weighted by atomic mass is 10.2. The van der Waals surface area contributed by atoms with Crippen LogP contribution in [0, 0.1) is 0 Å². The number of rotatable bonds is 4. The number of piperazine rings is 1. The zero-order valence-electron chi connectivity index (χ0n) is 14.1. The summed E-state index contributed by atoms with van der Waals surface area (Å²) in [5, 5.41) is 0. The number of methoxy groups -OCH3 is 1. The van der Waals surface area contributed by atoms with E-state index in [-0.39, 0.29) is 24.3 Å². The molecule has 3 heterocycles. The van der Waals surface area contributed by atoms with Crippen molar-refractivity contribution in [3.05, 3.63) is 24.2 Å². The van der Waals surface area contributed by atoms with Crippen molar-refractivity contribution < 1.29 is 23.5 Å². The maximum absolute atomic E-state index is 12.5. The van der Waals surface area contributed by atoms with Gasteiger partial charge in [0.05, 0.1) is 25.8 Å². The maximum atomic E-state index is 12.5. The van der Waals surface area contributed by atoms with Crippen LogP contribution in [0.1, 0.15) is 10.6 Å². The van der Waals surface area contributed by atoms with E-state index in [2.05, 4.69) is 0 Å². The smallest absolute Gasteiger partial charge is 0.329 e. The normalized spacial score (nSPS) is 21.4. The summed E-state index contributed by atoms with van der Waals surface area (Å²) in [6.07, 6.45) is 1.48. The van der Waals surface area contributed by atoms with E-state index in [9.17, 15) is 14.4 Å². The maximum Gasteiger partial charge on any atom is 0.329 e. The van der Waals surface area contributed by atoms with Crippen LogP contribution in [0.2, 0.25) is 0 Å². The first-order chi connectivity index (χ1) is 12.1. The molecule has 2 aliphatic heterocycles. The highest BCUT2D eigenvalue weighted by atomic mass is 32.2. The molecule has 9 heteroatoms. The summed E-state index contributed by atoms with van der Waals surface area (Å²) >= 11 is 1.55. The first kappa shape index (κ1) is 17.8. The van der Waals surface area contributed by atoms with Gasteiger partial charge in [0.15, 0.2) is 5.76 Å². The zero-order valence-corrected chi connectivity index (χ0v) is 14.9. The first-order valence-corrected chi connectivity index (χ1v) is 9.26. The average Bonchev–Trinajstić information content (AvgIpc) is 3.32. The third-order valence-corrected chi connectivity index (χ3v) is 5.44. The van der Waals surface area contributed by atoms with E-state index in [4.69, 9.17) is 9.15 Å². The predicted molar refractivity (Wildman–Crippen MR) is 91.0 cm³/mol. The van der Waals surface area contributed by atoms with Crippen LogP contribution in [-0.2, 0) is 14.3 Å². The Morgan fingerprint density at radius 3 is 2.68 bits per heavy atom. The van der Waals surface area contributed by atoms with Crippen molar-refractivity contribution in [1.82, 2.24) is 14.7 Å². The van der Waals surface area contributed by atoms with Gasteiger partial charge in [0.1, 0.15) is 6.04 Å². The predicted octanol–water partition coefficient (Wildman–Crippen LogP) is 0.112. The molecule has 0 aromatic carbocycles. The molecule has 2 saturated heterocycles. The second-order valence-electron chi connectivity index (χ2n) is 5.95. The Morgan fingerprint density at radius 2 is 2.04 bits per heavy atom. The number of amides is 2. The number of hydrogen-bond donors (Lipinski definition) is 0. The van der Waals surface area contributed by atoms with Crippen molar-refractivity contribution in [3.63, 3.8) is 0 Å². The van der Waals surface area contributed by atoms with Gasteiger partial charge in [-0.1, -0.05) is 0 Å². The van der Waals surface area contributed by atoms with E-state index in [0.717, 1.165) is 0 Å². The summed E-state index contributed by atoms with van der Waals surface area (Å²) in [6.45, 7) is 2.56. The fraction of sp³-hybridized carbons (Fsp3) is 0.562. The molecule has 1 aromatic heterocycles. The van der Waals surface area contributed by atoms with Gasteiger partial charge >= 0.3 is 5.97 Å². The topological polar surface area (TPSA) is 83.3 Å². The lowest BCUT2D eigenvalue weighted by Crippen LogP contribution is -2.52. The Labute approximate surface area is 150 Å². The molecule has 25 heavy (non-hydrogen) atoms. The van der Waals surface area contributed by atoms with E-state index >= 15 is 0 Å². The molecule has 1 atom stereocenters. The molecule has 1 aromatic rings. The van der Waals surface area contributed by atoms with Crippen molar-refractivity contribution >= 4 is 29.5 Å². The van der Waals surface area contributed by atoms with Gasteiger partial charge < -0.3 is 19.0 Å². The van der Waals surface area contributed by atoms with Crippen LogP contribution in [-0.4, -0.2) is 90.0 Å². The monoisotopic (exact) mass is 367 g/mol. The summed E-state index contributed by atoms with van der Waals surface area (Å²) in [5.74, 6) is 0.843. The van der Waals surface area contributed by atoms with Crippen molar-refractivity contribution in [2.75, 3.05) is 51.5 Å². The Kier molecular flexibility index (Phi) is 5.64. The van der Waals surface area contributed by atoms with E-state index in [1.54, 1.807) is 33.7 Å². The van der Waals surface area contributed by atoms with Gasteiger partial charge in [-0.3, -0.25) is 14.5 Å². The molecule has 1 unspecified atom stereocenters. The van der Waals surface area contributed by atoms with Gasteiger partial charge in [0.2, 0.25) is 5.91 Å². The number of ether oxygens (including phenoxy) is 1. The molecular weight excluding hydrogens is 346 g/mol. The fourth-order valence-electron chi connectivity index (χ4n) is 2.97. The molecule has 0 N–H and O–H groups in total. The summed E-state index contributed by atoms with van der Waals surface area (Å²) in [5.41, 5.74) is 0. The number of nitrogens with zero attached hydrogens (tertiary/aromatic N) is 3. The van der Waals surface area contributed by atoms with Crippen LogP contribution in [0.25, 0.3) is 0 Å². The van der Waals surface area contributed by atoms with Crippen LogP contribution in [0.3, 0.4) is 0 Å². The number of furan rings is 1. The number of carbonyl (C=O) groups is 3. The number of thioether (sulfide) groups is 1. The van der Waals surface area contributed by atoms with E-state index in [1.165, 1.54) is 13.4 Å². The molecule has 0 aliphatic carbocycles. The van der Waals surface area contributed by atoms with Crippen molar-refractivity contribution in [3.8, 4) is 0 Å². The van der Waals surface area contributed by atoms with Gasteiger partial charge in [-0.15, -0.1) is 11.8 Å². The minimum atomic E-state index is -0.496. The quantitative estimate of drug-likeness (QED) is 0.699. The van der Waals surface area contributed by atoms with Gasteiger partial charge in [0, 0.05) is 31.9 Å². The molecule has 136 valence electrons. The van der Waals surface area contributed by atoms with Crippen LogP contribution in [0.4, 0.5) is 0 Å². The minimum Gasteiger partial charge on any atom is -0.467 e. The van der Waals surface area contributed by atoms with Crippen LogP contribution in [0.5, 0.6) is 0 Å². The number of carbonyl (C=O) groups excluding carboxylic acids is 3. The highest BCUT2D eigenvalue weighted by Crippen LogP contribution is 2.22. The van der Waals surface area contributed by atoms with E-state index < -0.39 is 6.04 Å². The molecule has 2 fully saturated rings. The SMILES string of the molecule is COC(=O)C1CSCN1C(=O)CN1CCN(C(=O)c2ccco2)CC1. The number of esters is 1. The fourth-order valence-corrected chi connectivity index (χ4v) is 4.13. The average molecular weight is 367 g/mol. The van der Waals surface area contributed by atoms with Crippen LogP contribution < -0.4 is 0 Å². The summed E-state index contributed by atoms with van der Waals surface area (Å²) in [6, 6.07) is 2.84. The summed E-state index contributed by atoms with van der Waals surface area (Å²) in [4.78, 5) is 41.8. The van der Waals surface area contributed by atoms with Crippen molar-refractivity contribution in [2.24, 2.45) is 0 Å². The molecule has 8 nitrogen and oxygen atoms in total. The van der Waals surface area contributed by atoms with Gasteiger partial charge in [-0.25, -0.2) is 4.79 Å². The molecule has 2 aliphatic rings. The van der Waals surface area contributed by atoms with E-state index in [0.29, 0.717) is 43.6 Å². The second-order valence-corrected chi connectivity index (χ2v) is 6.95. The Morgan fingerprint density at radius 1 is 1.28 bits per heavy atom. The molecule has 0 saturated carbocycles. The Hall–Kier alpha value is -2.00. The molecule has 0 bridgehead atoms. The van der Waals surface area contributed by atoms with Gasteiger partial charge in [-0.2, -0.15) is 0 Å². The summed E-state index contributed by atoms with van der Waals surface area (Å²) < 4.78 is 9.91. The van der Waals surface area contributed by atoms with Crippen molar-refractivity contribution in [1.29, 1.82) is 0 Å². The number of hydrogen-bond acceptors (Lipinski definition) is 7. The van der Waals surface area contributed by atoms with Crippen molar-refractivity contribution in [2.45, 2.75) is 6.04 Å². The highest BCUT2D eigenvalue weighted by molar-refractivity contribution is 7.99. The van der Waals surface area contributed by atoms with Gasteiger partial charge in [0.25, 0.3) is 5.91 Å². The summed E-state index contributed by atoms with van der Waals surface area (Å²) in [7, 11) is 1.34. The van der Waals surface area contributed by atoms with E-state index in [1.807, 2.05) is 4.90 Å². The standard InChI is InChI=1S/C16H21N3O5S/c1-23-16(22)12-10-25-11-19(12)14(20)9-17-4-6-18(7-5-17)15(21)13-3-2-8-24-13/h2-3,8,12H,4-7,9-11H2,1H3. The molecule has 2 amide bonds. The van der Waals surface area contributed by atoms with Crippen LogP contribution >= 0.6 is 11.8 Å². The molecule has 0 spiro atoms.